The molecule has 0 N–H and O–H groups in total. The predicted molar refractivity (Wildman–Crippen MR) is 264 cm³/mol. The van der Waals surface area contributed by atoms with Crippen molar-refractivity contribution in [2.24, 2.45) is 11.8 Å². The van der Waals surface area contributed by atoms with E-state index in [9.17, 15) is 14.4 Å². The third-order valence-electron chi connectivity index (χ3n) is 14.3. The predicted octanol–water partition coefficient (Wildman–Crippen LogP) is 15.4. The van der Waals surface area contributed by atoms with Crippen LogP contribution in [0.15, 0.2) is 0 Å². The van der Waals surface area contributed by atoms with Crippen LogP contribution in [-0.2, 0) is 33.3 Å². The van der Waals surface area contributed by atoms with Crippen molar-refractivity contribution in [2.45, 2.75) is 297 Å². The number of rotatable bonds is 42. The van der Waals surface area contributed by atoms with Crippen LogP contribution in [-0.4, -0.2) is 73.0 Å². The molecule has 63 heavy (non-hydrogen) atoms. The summed E-state index contributed by atoms with van der Waals surface area (Å²) in [4.78, 5) is 40.6. The maximum atomic E-state index is 13.2. The van der Waals surface area contributed by atoms with Crippen molar-refractivity contribution in [3.8, 4) is 0 Å². The molecule has 0 radical (unpaired) electrons. The van der Waals surface area contributed by atoms with E-state index < -0.39 is 0 Å². The third kappa shape index (κ3) is 31.0. The summed E-state index contributed by atoms with van der Waals surface area (Å²) in [6.45, 7) is 19.1. The van der Waals surface area contributed by atoms with Crippen LogP contribution in [0.4, 0.5) is 0 Å². The van der Waals surface area contributed by atoms with Crippen LogP contribution in [0, 0.1) is 11.8 Å². The molecule has 0 atom stereocenters. The van der Waals surface area contributed by atoms with Crippen LogP contribution in [0.2, 0.25) is 0 Å². The van der Waals surface area contributed by atoms with Gasteiger partial charge >= 0.3 is 17.9 Å². The molecule has 0 spiro atoms. The lowest BCUT2D eigenvalue weighted by Gasteiger charge is -2.53. The standard InChI is InChI=1S/C55H105NO7/c1-10-14-24-32-47(33-25-15-11-2)40-42-60-51(57)38-30-22-18-20-28-36-49(63-53(59)46-62-50-44-54(5,6)56(9)55(7,8)45-50)37-29-21-19-23-31-39-52(58)61-43-41-48(34-26-16-12-3)35-27-17-13-4/h47-50H,10-46H2,1-9H3. The van der Waals surface area contributed by atoms with Crippen LogP contribution < -0.4 is 0 Å². The average molecular weight is 892 g/mol. The lowest BCUT2D eigenvalue weighted by Crippen LogP contribution is -2.60. The molecule has 0 bridgehead atoms. The van der Waals surface area contributed by atoms with Gasteiger partial charge in [-0.15, -0.1) is 0 Å². The molecular weight excluding hydrogens is 787 g/mol. The minimum atomic E-state index is -0.256. The van der Waals surface area contributed by atoms with E-state index in [-0.39, 0.29) is 47.8 Å². The first-order valence-corrected chi connectivity index (χ1v) is 27.1. The molecule has 8 heteroatoms. The quantitative estimate of drug-likeness (QED) is 0.0340. The Morgan fingerprint density at radius 2 is 0.825 bits per heavy atom. The molecule has 372 valence electrons. The molecule has 8 nitrogen and oxygen atoms in total. The fraction of sp³-hybridized carbons (Fsp3) is 0.945. The SMILES string of the molecule is CCCCCC(CCCCC)CCOC(=O)CCCCCCCC(CCCCCCCC(=O)OCCC(CCCCC)CCCCC)OC(=O)COC1CC(C)(C)N(C)C(C)(C)C1. The molecule has 1 aliphatic heterocycles. The second-order valence-electron chi connectivity index (χ2n) is 21.0. The molecule has 1 rings (SSSR count). The first-order valence-electron chi connectivity index (χ1n) is 27.1. The van der Waals surface area contributed by atoms with Crippen LogP contribution >= 0.6 is 0 Å². The summed E-state index contributed by atoms with van der Waals surface area (Å²) >= 11 is 0. The summed E-state index contributed by atoms with van der Waals surface area (Å²) in [6, 6.07) is 0. The number of nitrogens with zero attached hydrogens (tertiary/aromatic N) is 1. The summed E-state index contributed by atoms with van der Waals surface area (Å²) in [5, 5.41) is 0. The van der Waals surface area contributed by atoms with Gasteiger partial charge in [0.1, 0.15) is 12.7 Å². The van der Waals surface area contributed by atoms with E-state index in [1.54, 1.807) is 0 Å². The van der Waals surface area contributed by atoms with Gasteiger partial charge in [-0.25, -0.2) is 4.79 Å². The topological polar surface area (TPSA) is 91.4 Å². The minimum absolute atomic E-state index is 0.0000186. The summed E-state index contributed by atoms with van der Waals surface area (Å²) in [6.07, 6.45) is 36.8. The van der Waals surface area contributed by atoms with Gasteiger partial charge in [0.15, 0.2) is 0 Å². The maximum Gasteiger partial charge on any atom is 0.332 e. The summed E-state index contributed by atoms with van der Waals surface area (Å²) < 4.78 is 23.7. The number of likely N-dealkylation sites (tertiary alicyclic amines) is 1. The monoisotopic (exact) mass is 892 g/mol. The number of carbonyl (C=O) groups is 3. The summed E-state index contributed by atoms with van der Waals surface area (Å²) in [5.74, 6) is 1.01. The van der Waals surface area contributed by atoms with Gasteiger partial charge in [0.2, 0.25) is 0 Å². The highest BCUT2D eigenvalue weighted by Crippen LogP contribution is 2.38. The molecule has 0 amide bonds. The molecule has 0 aromatic carbocycles. The summed E-state index contributed by atoms with van der Waals surface area (Å²) in [7, 11) is 2.18. The smallest absolute Gasteiger partial charge is 0.332 e. The number of esters is 3. The third-order valence-corrected chi connectivity index (χ3v) is 14.3. The fourth-order valence-electron chi connectivity index (χ4n) is 9.83. The Hall–Kier alpha value is -1.67. The second-order valence-corrected chi connectivity index (χ2v) is 21.0. The Balaban J connectivity index is 2.47. The zero-order chi connectivity index (χ0) is 46.6. The van der Waals surface area contributed by atoms with Crippen LogP contribution in [0.1, 0.15) is 274 Å². The lowest BCUT2D eigenvalue weighted by atomic mass is 9.79. The van der Waals surface area contributed by atoms with E-state index in [0.29, 0.717) is 37.9 Å². The molecule has 0 saturated carbocycles. The Morgan fingerprint density at radius 1 is 0.476 bits per heavy atom. The molecular formula is C55H105NO7. The number of ether oxygens (including phenoxy) is 4. The van der Waals surface area contributed by atoms with E-state index in [1.807, 2.05) is 0 Å². The van der Waals surface area contributed by atoms with Gasteiger partial charge in [-0.2, -0.15) is 0 Å². The Labute approximate surface area is 390 Å². The van der Waals surface area contributed by atoms with E-state index in [1.165, 1.54) is 103 Å². The van der Waals surface area contributed by atoms with Crippen molar-refractivity contribution in [1.82, 2.24) is 4.90 Å². The summed E-state index contributed by atoms with van der Waals surface area (Å²) in [5.41, 5.74) is -0.00993. The van der Waals surface area contributed by atoms with Gasteiger partial charge in [0.25, 0.3) is 0 Å². The number of piperidine rings is 1. The molecule has 1 heterocycles. The second kappa shape index (κ2) is 37.4. The van der Waals surface area contributed by atoms with Crippen molar-refractivity contribution >= 4 is 17.9 Å². The van der Waals surface area contributed by atoms with Crippen molar-refractivity contribution in [3.05, 3.63) is 0 Å². The highest BCUT2D eigenvalue weighted by molar-refractivity contribution is 5.71. The van der Waals surface area contributed by atoms with Gasteiger partial charge in [-0.1, -0.05) is 169 Å². The van der Waals surface area contributed by atoms with E-state index >= 15 is 0 Å². The maximum absolute atomic E-state index is 13.2. The van der Waals surface area contributed by atoms with Crippen LogP contribution in [0.5, 0.6) is 0 Å². The molecule has 0 unspecified atom stereocenters. The van der Waals surface area contributed by atoms with Crippen molar-refractivity contribution in [3.63, 3.8) is 0 Å². The van der Waals surface area contributed by atoms with Crippen molar-refractivity contribution < 1.29 is 33.3 Å². The molecule has 1 aliphatic rings. The average Bonchev–Trinajstić information content (AvgIpc) is 3.23. The van der Waals surface area contributed by atoms with Crippen molar-refractivity contribution in [1.29, 1.82) is 0 Å². The molecule has 0 aromatic heterocycles. The Bertz CT molecular complexity index is 1030. The first-order chi connectivity index (χ1) is 30.3. The normalized spacial score (nSPS) is 15.4. The van der Waals surface area contributed by atoms with Gasteiger partial charge < -0.3 is 18.9 Å². The highest BCUT2D eigenvalue weighted by atomic mass is 16.6. The minimum Gasteiger partial charge on any atom is -0.466 e. The molecule has 0 aromatic rings. The van der Waals surface area contributed by atoms with Gasteiger partial charge in [0, 0.05) is 23.9 Å². The number of unbranched alkanes of at least 4 members (excludes halogenated alkanes) is 16. The number of hydrogen-bond donors (Lipinski definition) is 0. The van der Waals surface area contributed by atoms with Crippen LogP contribution in [0.3, 0.4) is 0 Å². The Kier molecular flexibility index (Phi) is 35.3. The zero-order valence-corrected chi connectivity index (χ0v) is 43.3. The van der Waals surface area contributed by atoms with Crippen molar-refractivity contribution in [2.75, 3.05) is 26.9 Å². The van der Waals surface area contributed by atoms with E-state index in [2.05, 4.69) is 67.3 Å². The largest absolute Gasteiger partial charge is 0.466 e. The lowest BCUT2D eigenvalue weighted by molar-refractivity contribution is -0.162. The van der Waals surface area contributed by atoms with Gasteiger partial charge in [-0.05, 0) is 111 Å². The molecule has 1 fully saturated rings. The fourth-order valence-corrected chi connectivity index (χ4v) is 9.83. The van der Waals surface area contributed by atoms with E-state index in [4.69, 9.17) is 18.9 Å². The van der Waals surface area contributed by atoms with Crippen LogP contribution in [0.25, 0.3) is 0 Å². The first kappa shape index (κ1) is 59.3. The zero-order valence-electron chi connectivity index (χ0n) is 43.3. The highest BCUT2D eigenvalue weighted by Gasteiger charge is 2.43. The van der Waals surface area contributed by atoms with E-state index in [0.717, 1.165) is 103 Å². The number of carbonyl (C=O) groups excluding carboxylic acids is 3. The molecule has 1 saturated heterocycles. The Morgan fingerprint density at radius 3 is 1.21 bits per heavy atom. The van der Waals surface area contributed by atoms with Gasteiger partial charge in [-0.3, -0.25) is 14.5 Å². The van der Waals surface area contributed by atoms with Gasteiger partial charge in [0.05, 0.1) is 19.3 Å². The number of hydrogen-bond acceptors (Lipinski definition) is 8. The molecule has 0 aliphatic carbocycles.